The fraction of sp³-hybridized carbons (Fsp3) is 0.450. The van der Waals surface area contributed by atoms with Gasteiger partial charge >= 0.3 is 12.0 Å². The van der Waals surface area contributed by atoms with Crippen molar-refractivity contribution in [1.29, 1.82) is 0 Å². The van der Waals surface area contributed by atoms with Gasteiger partial charge in [-0.05, 0) is 24.0 Å². The van der Waals surface area contributed by atoms with Crippen molar-refractivity contribution in [3.63, 3.8) is 0 Å². The number of likely N-dealkylation sites (tertiary alicyclic amines) is 1. The Morgan fingerprint density at radius 1 is 1.26 bits per heavy atom. The van der Waals surface area contributed by atoms with Gasteiger partial charge in [-0.2, -0.15) is 4.57 Å². The third-order valence-corrected chi connectivity index (χ3v) is 4.95. The Labute approximate surface area is 159 Å². The summed E-state index contributed by atoms with van der Waals surface area (Å²) in [6.07, 6.45) is 7.26. The molecule has 2 aromatic rings. The number of carbonyl (C=O) groups is 2. The van der Waals surface area contributed by atoms with Crippen LogP contribution in [0.4, 0.5) is 4.79 Å². The molecule has 0 spiro atoms. The second-order valence-electron chi connectivity index (χ2n) is 6.97. The lowest BCUT2D eigenvalue weighted by molar-refractivity contribution is -0.670. The molecule has 1 aliphatic heterocycles. The van der Waals surface area contributed by atoms with E-state index in [0.29, 0.717) is 45.5 Å². The fourth-order valence-electron chi connectivity index (χ4n) is 3.33. The molecule has 7 heteroatoms. The van der Waals surface area contributed by atoms with Crippen LogP contribution in [0.3, 0.4) is 0 Å². The number of aromatic nitrogens is 2. The first-order valence-corrected chi connectivity index (χ1v) is 9.34. The smallest absolute Gasteiger partial charge is 0.415 e. The third kappa shape index (κ3) is 4.95. The first-order chi connectivity index (χ1) is 13.1. The number of nitrogens with zero attached hydrogens (tertiary/aromatic N) is 3. The van der Waals surface area contributed by atoms with E-state index in [-0.39, 0.29) is 17.9 Å². The first kappa shape index (κ1) is 19.1. The van der Waals surface area contributed by atoms with E-state index >= 15 is 0 Å². The van der Waals surface area contributed by atoms with Crippen molar-refractivity contribution < 1.29 is 18.9 Å². The predicted octanol–water partition coefficient (Wildman–Crippen LogP) is 1.24. The van der Waals surface area contributed by atoms with Crippen molar-refractivity contribution in [1.82, 2.24) is 9.47 Å². The molecule has 0 radical (unpaired) electrons. The van der Waals surface area contributed by atoms with Gasteiger partial charge in [0.05, 0.1) is 19.6 Å². The van der Waals surface area contributed by atoms with E-state index in [1.54, 1.807) is 22.0 Å². The van der Waals surface area contributed by atoms with Crippen LogP contribution in [-0.4, -0.2) is 41.2 Å². The Kier molecular flexibility index (Phi) is 6.24. The zero-order valence-corrected chi connectivity index (χ0v) is 15.7. The van der Waals surface area contributed by atoms with E-state index in [4.69, 9.17) is 10.5 Å². The molecule has 0 bridgehead atoms. The summed E-state index contributed by atoms with van der Waals surface area (Å²) in [7, 11) is 1.87. The van der Waals surface area contributed by atoms with E-state index < -0.39 is 0 Å². The number of carbonyl (C=O) groups excluding carboxylic acids is 2. The molecular weight excluding hydrogens is 344 g/mol. The highest BCUT2D eigenvalue weighted by molar-refractivity contribution is 5.77. The minimum Gasteiger partial charge on any atom is -0.465 e. The van der Waals surface area contributed by atoms with Gasteiger partial charge < -0.3 is 15.4 Å². The number of imidazole rings is 1. The highest BCUT2D eigenvalue weighted by atomic mass is 16.5. The second kappa shape index (κ2) is 8.81. The third-order valence-electron chi connectivity index (χ3n) is 4.95. The highest BCUT2D eigenvalue weighted by Crippen LogP contribution is 2.19. The largest absolute Gasteiger partial charge is 0.465 e. The number of ether oxygens (including phenoxy) is 1. The van der Waals surface area contributed by atoms with Crippen LogP contribution >= 0.6 is 0 Å². The number of esters is 1. The van der Waals surface area contributed by atoms with E-state index in [1.807, 2.05) is 42.1 Å². The maximum absolute atomic E-state index is 12.4. The molecule has 2 N–H and O–H groups in total. The van der Waals surface area contributed by atoms with Crippen molar-refractivity contribution in [2.24, 2.45) is 18.7 Å². The molecule has 1 fully saturated rings. The van der Waals surface area contributed by atoms with Gasteiger partial charge in [-0.1, -0.05) is 24.3 Å². The van der Waals surface area contributed by atoms with Gasteiger partial charge in [0.2, 0.25) is 0 Å². The average Bonchev–Trinajstić information content (AvgIpc) is 3.14. The van der Waals surface area contributed by atoms with Gasteiger partial charge in [-0.3, -0.25) is 4.79 Å². The Morgan fingerprint density at radius 3 is 2.67 bits per heavy atom. The van der Waals surface area contributed by atoms with Crippen molar-refractivity contribution in [2.75, 3.05) is 19.7 Å². The van der Waals surface area contributed by atoms with E-state index in [1.165, 1.54) is 0 Å². The van der Waals surface area contributed by atoms with Gasteiger partial charge in [0.1, 0.15) is 12.4 Å². The minimum atomic E-state index is -0.163. The quantitative estimate of drug-likeness (QED) is 0.633. The molecule has 3 rings (SSSR count). The number of nitrogens with two attached hydrogens (primary N) is 1. The summed E-state index contributed by atoms with van der Waals surface area (Å²) in [6.45, 7) is 2.01. The number of aryl methyl sites for hydroxylation is 1. The standard InChI is InChI=1S/C20H27N4O3/c1-22-10-11-24(15-22)20(26)23-8-5-18(6-9-23)19(25)27-12-7-16-3-2-4-17(13-16)14-21/h2-4,10-11,13,15,18H,5-9,12,14,21H2,1H3/q+1. The summed E-state index contributed by atoms with van der Waals surface area (Å²) in [5.74, 6) is -0.297. The van der Waals surface area contributed by atoms with Crippen LogP contribution in [0.25, 0.3) is 0 Å². The minimum absolute atomic E-state index is 0.0535. The number of piperidine rings is 1. The highest BCUT2D eigenvalue weighted by Gasteiger charge is 2.30. The molecule has 7 nitrogen and oxygen atoms in total. The topological polar surface area (TPSA) is 81.4 Å². The maximum Gasteiger partial charge on any atom is 0.415 e. The van der Waals surface area contributed by atoms with Crippen LogP contribution in [0.5, 0.6) is 0 Å². The van der Waals surface area contributed by atoms with Gasteiger partial charge in [0.15, 0.2) is 0 Å². The Bertz CT molecular complexity index is 794. The lowest BCUT2D eigenvalue weighted by atomic mass is 9.97. The van der Waals surface area contributed by atoms with Gasteiger partial charge in [-0.15, -0.1) is 0 Å². The zero-order chi connectivity index (χ0) is 19.2. The number of amides is 1. The predicted molar refractivity (Wildman–Crippen MR) is 99.7 cm³/mol. The lowest BCUT2D eigenvalue weighted by Gasteiger charge is -2.29. The number of benzene rings is 1. The van der Waals surface area contributed by atoms with Crippen LogP contribution in [0.2, 0.25) is 0 Å². The van der Waals surface area contributed by atoms with Crippen LogP contribution in [0, 0.1) is 5.92 Å². The van der Waals surface area contributed by atoms with Gasteiger partial charge in [0.25, 0.3) is 6.33 Å². The van der Waals surface area contributed by atoms with Crippen molar-refractivity contribution in [3.8, 4) is 0 Å². The van der Waals surface area contributed by atoms with E-state index in [0.717, 1.165) is 11.1 Å². The molecule has 1 amide bonds. The molecule has 2 heterocycles. The van der Waals surface area contributed by atoms with Crippen molar-refractivity contribution in [3.05, 3.63) is 54.1 Å². The lowest BCUT2D eigenvalue weighted by Crippen LogP contribution is -2.42. The Balaban J connectivity index is 1.42. The SMILES string of the molecule is C[n+]1ccn(C(=O)N2CCC(C(=O)OCCc3cccc(CN)c3)CC2)c1. The number of rotatable bonds is 5. The van der Waals surface area contributed by atoms with Crippen molar-refractivity contribution in [2.45, 2.75) is 25.8 Å². The van der Waals surface area contributed by atoms with Crippen molar-refractivity contribution >= 4 is 12.0 Å². The molecule has 1 aromatic heterocycles. The van der Waals surface area contributed by atoms with E-state index in [9.17, 15) is 9.59 Å². The molecular formula is C20H27N4O3+. The van der Waals surface area contributed by atoms with Gasteiger partial charge in [-0.25, -0.2) is 9.36 Å². The van der Waals surface area contributed by atoms with Gasteiger partial charge in [0, 0.05) is 26.1 Å². The summed E-state index contributed by atoms with van der Waals surface area (Å²) in [5, 5.41) is 0. The molecule has 1 saturated heterocycles. The molecule has 0 saturated carbocycles. The Morgan fingerprint density at radius 2 is 2.00 bits per heavy atom. The molecule has 0 aliphatic carbocycles. The van der Waals surface area contributed by atoms with Crippen LogP contribution in [0.1, 0.15) is 24.0 Å². The number of hydrogen-bond acceptors (Lipinski definition) is 4. The molecule has 0 unspecified atom stereocenters. The average molecular weight is 371 g/mol. The molecule has 0 atom stereocenters. The summed E-state index contributed by atoms with van der Waals surface area (Å²) in [5.41, 5.74) is 7.84. The summed E-state index contributed by atoms with van der Waals surface area (Å²) < 4.78 is 8.85. The van der Waals surface area contributed by atoms with E-state index in [2.05, 4.69) is 0 Å². The normalized spacial score (nSPS) is 15.0. The number of hydrogen-bond donors (Lipinski definition) is 1. The van der Waals surface area contributed by atoms with Crippen LogP contribution in [-0.2, 0) is 29.5 Å². The van der Waals surface area contributed by atoms with Crippen LogP contribution in [0.15, 0.2) is 43.0 Å². The monoisotopic (exact) mass is 371 g/mol. The second-order valence-corrected chi connectivity index (χ2v) is 6.97. The zero-order valence-electron chi connectivity index (χ0n) is 15.7. The summed E-state index contributed by atoms with van der Waals surface area (Å²) in [4.78, 5) is 26.5. The maximum atomic E-state index is 12.4. The fourth-order valence-corrected chi connectivity index (χ4v) is 3.33. The molecule has 1 aromatic carbocycles. The first-order valence-electron chi connectivity index (χ1n) is 9.34. The molecule has 27 heavy (non-hydrogen) atoms. The molecule has 144 valence electrons. The summed E-state index contributed by atoms with van der Waals surface area (Å²) >= 11 is 0. The summed E-state index contributed by atoms with van der Waals surface area (Å²) in [6, 6.07) is 7.95. The Hall–Kier alpha value is -2.67. The molecule has 1 aliphatic rings. The van der Waals surface area contributed by atoms with Crippen LogP contribution < -0.4 is 10.3 Å².